The second-order valence-corrected chi connectivity index (χ2v) is 21.6. The number of hydrogen-bond donors (Lipinski definition) is 1. The molecule has 0 aromatic heterocycles. The number of hydrogen-bond acceptors (Lipinski definition) is 7. The van der Waals surface area contributed by atoms with Crippen LogP contribution in [0.5, 0.6) is 0 Å². The standard InChI is InChI=1S/C70H115NO8/c1-6-8-10-12-14-16-18-20-22-24-26-28-30-31-32-33-34-35-36-37-39-40-42-44-46-48-50-52-54-56-58-60-67(72)77-64-66(65-78-70(69(74)75)76-63-62-71(3,4)5)79-68(73)61-59-57-55-53-51-49-47-45-43-41-38-29-27-25-23-21-19-17-15-13-11-9-7-2/h8-11,14-17,20-23,26-29,31-32,41,43,47,49,66,70H,6-7,12-13,18-19,24-25,30,33-40,42,44-46,48,50-65H2,1-5H3/p+1/b10-8-,11-9-,16-14-,17-15-,22-20-,23-21-,28-26-,29-27-,32-31-,43-41-,49-47-. The maximum absolute atomic E-state index is 12.9. The summed E-state index contributed by atoms with van der Waals surface area (Å²) >= 11 is 0. The minimum atomic E-state index is -1.53. The Bertz CT molecular complexity index is 1750. The largest absolute Gasteiger partial charge is 0.477 e. The van der Waals surface area contributed by atoms with E-state index in [1.165, 1.54) is 83.5 Å². The molecular weight excluding hydrogens is 983 g/mol. The topological polar surface area (TPSA) is 108 Å². The monoisotopic (exact) mass is 1100 g/mol. The van der Waals surface area contributed by atoms with Gasteiger partial charge in [-0.3, -0.25) is 9.59 Å². The van der Waals surface area contributed by atoms with Crippen molar-refractivity contribution >= 4 is 17.9 Å². The van der Waals surface area contributed by atoms with E-state index in [2.05, 4.69) is 148 Å². The number of nitrogens with zero attached hydrogens (tertiary/aromatic N) is 1. The normalized spacial score (nSPS) is 13.7. The third-order valence-corrected chi connectivity index (χ3v) is 12.9. The Labute approximate surface area is 484 Å². The summed E-state index contributed by atoms with van der Waals surface area (Å²) in [5.74, 6) is -2.05. The van der Waals surface area contributed by atoms with E-state index in [0.717, 1.165) is 116 Å². The fourth-order valence-corrected chi connectivity index (χ4v) is 8.16. The maximum Gasteiger partial charge on any atom is 0.361 e. The summed E-state index contributed by atoms with van der Waals surface area (Å²) in [6, 6.07) is 0. The molecule has 0 amide bonds. The van der Waals surface area contributed by atoms with Gasteiger partial charge in [0.2, 0.25) is 0 Å². The zero-order valence-electron chi connectivity index (χ0n) is 51.0. The Kier molecular flexibility index (Phi) is 56.1. The predicted molar refractivity (Wildman–Crippen MR) is 336 cm³/mol. The highest BCUT2D eigenvalue weighted by molar-refractivity contribution is 5.71. The number of likely N-dealkylation sites (N-methyl/N-ethyl adjacent to an activating group) is 1. The number of esters is 2. The first-order chi connectivity index (χ1) is 38.6. The van der Waals surface area contributed by atoms with E-state index in [9.17, 15) is 19.5 Å². The average molecular weight is 1100 g/mol. The van der Waals surface area contributed by atoms with Crippen LogP contribution in [0.4, 0.5) is 0 Å². The summed E-state index contributed by atoms with van der Waals surface area (Å²) in [5, 5.41) is 9.72. The van der Waals surface area contributed by atoms with Crippen molar-refractivity contribution < 1.29 is 42.9 Å². The van der Waals surface area contributed by atoms with Gasteiger partial charge in [-0.25, -0.2) is 4.79 Å². The number of aliphatic carboxylic acids is 1. The van der Waals surface area contributed by atoms with Crippen molar-refractivity contribution in [2.45, 2.75) is 245 Å². The third-order valence-electron chi connectivity index (χ3n) is 12.9. The van der Waals surface area contributed by atoms with Crippen LogP contribution in [0.25, 0.3) is 0 Å². The lowest BCUT2D eigenvalue weighted by atomic mass is 10.0. The van der Waals surface area contributed by atoms with E-state index in [1.807, 2.05) is 21.1 Å². The van der Waals surface area contributed by atoms with Gasteiger partial charge in [0.1, 0.15) is 13.2 Å². The Morgan fingerprint density at radius 3 is 1.01 bits per heavy atom. The SMILES string of the molecule is CC/C=C\C/C=C\C/C=C\C/C=C\C/C=C\C/C=C\CCCCCCC(=O)OC(COC(=O)CCCCCCCCCCCCCCCCC/C=C\C/C=C\C/C=C\C/C=C\C/C=C\CC)COC(OCC[N+](C)(C)C)C(=O)O. The highest BCUT2D eigenvalue weighted by Crippen LogP contribution is 2.16. The van der Waals surface area contributed by atoms with Gasteiger partial charge in [-0.15, -0.1) is 0 Å². The van der Waals surface area contributed by atoms with Gasteiger partial charge in [0, 0.05) is 12.8 Å². The number of carbonyl (C=O) groups excluding carboxylic acids is 2. The molecule has 448 valence electrons. The Balaban J connectivity index is 4.23. The summed E-state index contributed by atoms with van der Waals surface area (Å²) in [6.45, 7) is 4.61. The summed E-state index contributed by atoms with van der Waals surface area (Å²) in [4.78, 5) is 37.5. The number of ether oxygens (including phenoxy) is 4. The lowest BCUT2D eigenvalue weighted by Crippen LogP contribution is -2.40. The minimum absolute atomic E-state index is 0.176. The average Bonchev–Trinajstić information content (AvgIpc) is 3.42. The van der Waals surface area contributed by atoms with Crippen LogP contribution in [0.3, 0.4) is 0 Å². The molecule has 9 heteroatoms. The van der Waals surface area contributed by atoms with Crippen LogP contribution in [0.2, 0.25) is 0 Å². The zero-order valence-corrected chi connectivity index (χ0v) is 51.0. The molecular formula is C70H116NO8+. The summed E-state index contributed by atoms with van der Waals surface area (Å²) in [6.07, 6.45) is 82.5. The van der Waals surface area contributed by atoms with Crippen molar-refractivity contribution in [1.29, 1.82) is 0 Å². The van der Waals surface area contributed by atoms with Gasteiger partial charge in [0.15, 0.2) is 6.10 Å². The number of unbranched alkanes of at least 4 members (excludes halogenated alkanes) is 19. The lowest BCUT2D eigenvalue weighted by Gasteiger charge is -2.25. The first-order valence-corrected chi connectivity index (χ1v) is 31.3. The number of rotatable bonds is 56. The highest BCUT2D eigenvalue weighted by atomic mass is 16.7. The van der Waals surface area contributed by atoms with Crippen molar-refractivity contribution in [3.05, 3.63) is 134 Å². The van der Waals surface area contributed by atoms with Crippen molar-refractivity contribution in [3.63, 3.8) is 0 Å². The zero-order chi connectivity index (χ0) is 57.6. The molecule has 2 atom stereocenters. The summed E-state index contributed by atoms with van der Waals surface area (Å²) < 4.78 is 22.9. The molecule has 9 nitrogen and oxygen atoms in total. The van der Waals surface area contributed by atoms with Gasteiger partial charge >= 0.3 is 17.9 Å². The van der Waals surface area contributed by atoms with Crippen molar-refractivity contribution in [2.24, 2.45) is 0 Å². The van der Waals surface area contributed by atoms with Gasteiger partial charge in [0.05, 0.1) is 34.4 Å². The van der Waals surface area contributed by atoms with Crippen LogP contribution < -0.4 is 0 Å². The van der Waals surface area contributed by atoms with E-state index in [-0.39, 0.29) is 38.6 Å². The molecule has 0 bridgehead atoms. The van der Waals surface area contributed by atoms with Crippen molar-refractivity contribution in [3.8, 4) is 0 Å². The molecule has 0 aliphatic heterocycles. The van der Waals surface area contributed by atoms with Gasteiger partial charge in [0.25, 0.3) is 6.29 Å². The summed E-state index contributed by atoms with van der Waals surface area (Å²) in [5.41, 5.74) is 0. The molecule has 2 unspecified atom stereocenters. The summed E-state index contributed by atoms with van der Waals surface area (Å²) in [7, 11) is 5.95. The Hall–Kier alpha value is -4.57. The highest BCUT2D eigenvalue weighted by Gasteiger charge is 2.25. The number of carbonyl (C=O) groups is 3. The van der Waals surface area contributed by atoms with Gasteiger partial charge in [-0.05, 0) is 109 Å². The number of carboxylic acids is 1. The van der Waals surface area contributed by atoms with Crippen LogP contribution in [-0.2, 0) is 33.3 Å². The van der Waals surface area contributed by atoms with Crippen molar-refractivity contribution in [2.75, 3.05) is 47.5 Å². The molecule has 0 aliphatic rings. The smallest absolute Gasteiger partial charge is 0.361 e. The number of allylic oxidation sites excluding steroid dienone is 22. The lowest BCUT2D eigenvalue weighted by molar-refractivity contribution is -0.870. The molecule has 0 spiro atoms. The molecule has 0 saturated heterocycles. The molecule has 79 heavy (non-hydrogen) atoms. The van der Waals surface area contributed by atoms with Crippen LogP contribution >= 0.6 is 0 Å². The van der Waals surface area contributed by atoms with Gasteiger partial charge < -0.3 is 28.5 Å². The van der Waals surface area contributed by atoms with E-state index in [4.69, 9.17) is 18.9 Å². The minimum Gasteiger partial charge on any atom is -0.477 e. The molecule has 0 rings (SSSR count). The van der Waals surface area contributed by atoms with E-state index in [1.54, 1.807) is 0 Å². The molecule has 1 N–H and O–H groups in total. The second kappa shape index (κ2) is 59.5. The molecule has 0 aromatic carbocycles. The van der Waals surface area contributed by atoms with E-state index >= 15 is 0 Å². The van der Waals surface area contributed by atoms with Crippen LogP contribution in [0, 0.1) is 0 Å². The first kappa shape index (κ1) is 74.4. The quantitative estimate of drug-likeness (QED) is 0.0211. The van der Waals surface area contributed by atoms with E-state index < -0.39 is 24.3 Å². The molecule has 0 aromatic rings. The third kappa shape index (κ3) is 60.9. The molecule has 0 saturated carbocycles. The Morgan fingerprint density at radius 1 is 0.380 bits per heavy atom. The van der Waals surface area contributed by atoms with Crippen LogP contribution in [0.1, 0.15) is 232 Å². The number of carboxylic acid groups (broad SMARTS) is 1. The molecule has 0 fully saturated rings. The molecule has 0 aliphatic carbocycles. The fraction of sp³-hybridized carbons (Fsp3) is 0.643. The van der Waals surface area contributed by atoms with Gasteiger partial charge in [-0.1, -0.05) is 244 Å². The molecule has 0 heterocycles. The fourth-order valence-electron chi connectivity index (χ4n) is 8.16. The van der Waals surface area contributed by atoms with E-state index in [0.29, 0.717) is 17.4 Å². The molecule has 0 radical (unpaired) electrons. The van der Waals surface area contributed by atoms with Crippen LogP contribution in [0.15, 0.2) is 134 Å². The number of quaternary nitrogens is 1. The second-order valence-electron chi connectivity index (χ2n) is 21.6. The van der Waals surface area contributed by atoms with Crippen LogP contribution in [-0.4, -0.2) is 87.4 Å². The maximum atomic E-state index is 12.9. The first-order valence-electron chi connectivity index (χ1n) is 31.3. The predicted octanol–water partition coefficient (Wildman–Crippen LogP) is 19.0. The van der Waals surface area contributed by atoms with Gasteiger partial charge in [-0.2, -0.15) is 0 Å². The van der Waals surface area contributed by atoms with Crippen molar-refractivity contribution in [1.82, 2.24) is 0 Å². The Morgan fingerprint density at radius 2 is 0.684 bits per heavy atom.